The SMILES string of the molecule is N#Cc1ccnc(Sc2ncccn2)n1. The summed E-state index contributed by atoms with van der Waals surface area (Å²) >= 11 is 1.22. The third-order valence-electron chi connectivity index (χ3n) is 1.47. The fraction of sp³-hybridized carbons (Fsp3) is 0. The molecule has 0 aliphatic rings. The van der Waals surface area contributed by atoms with Crippen molar-refractivity contribution in [1.82, 2.24) is 19.9 Å². The van der Waals surface area contributed by atoms with Crippen LogP contribution in [-0.4, -0.2) is 19.9 Å². The van der Waals surface area contributed by atoms with E-state index in [-0.39, 0.29) is 0 Å². The second-order valence-electron chi connectivity index (χ2n) is 2.47. The Balaban J connectivity index is 2.22. The smallest absolute Gasteiger partial charge is 0.196 e. The summed E-state index contributed by atoms with van der Waals surface area (Å²) in [5, 5.41) is 9.68. The van der Waals surface area contributed by atoms with Crippen LogP contribution in [0.4, 0.5) is 0 Å². The van der Waals surface area contributed by atoms with Crippen molar-refractivity contribution in [2.24, 2.45) is 0 Å². The molecule has 15 heavy (non-hydrogen) atoms. The monoisotopic (exact) mass is 215 g/mol. The topological polar surface area (TPSA) is 75.3 Å². The van der Waals surface area contributed by atoms with Crippen LogP contribution < -0.4 is 0 Å². The predicted molar refractivity (Wildman–Crippen MR) is 52.9 cm³/mol. The number of hydrogen-bond donors (Lipinski definition) is 0. The number of aromatic nitrogens is 4. The highest BCUT2D eigenvalue weighted by molar-refractivity contribution is 7.99. The molecule has 72 valence electrons. The van der Waals surface area contributed by atoms with Crippen molar-refractivity contribution >= 4 is 11.8 Å². The average Bonchev–Trinajstić information content (AvgIpc) is 2.31. The van der Waals surface area contributed by atoms with E-state index in [1.807, 2.05) is 6.07 Å². The minimum Gasteiger partial charge on any atom is -0.231 e. The maximum absolute atomic E-state index is 8.65. The largest absolute Gasteiger partial charge is 0.231 e. The van der Waals surface area contributed by atoms with Gasteiger partial charge in [-0.1, -0.05) is 0 Å². The molecule has 2 aromatic heterocycles. The molecular formula is C9H5N5S. The van der Waals surface area contributed by atoms with E-state index in [0.29, 0.717) is 16.0 Å². The van der Waals surface area contributed by atoms with Crippen molar-refractivity contribution in [2.75, 3.05) is 0 Å². The summed E-state index contributed by atoms with van der Waals surface area (Å²) in [6.45, 7) is 0. The van der Waals surface area contributed by atoms with Crippen molar-refractivity contribution < 1.29 is 0 Å². The fourth-order valence-electron chi connectivity index (χ4n) is 0.872. The molecule has 0 amide bonds. The highest BCUT2D eigenvalue weighted by Crippen LogP contribution is 2.19. The summed E-state index contributed by atoms with van der Waals surface area (Å²) in [5.74, 6) is 0. The van der Waals surface area contributed by atoms with Crippen LogP contribution in [0.3, 0.4) is 0 Å². The van der Waals surface area contributed by atoms with Crippen molar-refractivity contribution in [2.45, 2.75) is 10.3 Å². The minimum atomic E-state index is 0.337. The second kappa shape index (κ2) is 4.48. The number of nitrogens with zero attached hydrogens (tertiary/aromatic N) is 5. The zero-order valence-electron chi connectivity index (χ0n) is 7.53. The quantitative estimate of drug-likeness (QED) is 0.702. The molecule has 0 aliphatic heterocycles. The Morgan fingerprint density at radius 2 is 1.80 bits per heavy atom. The lowest BCUT2D eigenvalue weighted by Crippen LogP contribution is -1.91. The van der Waals surface area contributed by atoms with Crippen molar-refractivity contribution in [3.05, 3.63) is 36.4 Å². The van der Waals surface area contributed by atoms with Gasteiger partial charge in [0.05, 0.1) is 0 Å². The van der Waals surface area contributed by atoms with E-state index in [4.69, 9.17) is 5.26 Å². The van der Waals surface area contributed by atoms with Crippen molar-refractivity contribution in [1.29, 1.82) is 5.26 Å². The highest BCUT2D eigenvalue weighted by atomic mass is 32.2. The summed E-state index contributed by atoms with van der Waals surface area (Å²) in [6.07, 6.45) is 4.82. The van der Waals surface area contributed by atoms with Gasteiger partial charge in [-0.3, -0.25) is 0 Å². The van der Waals surface area contributed by atoms with Gasteiger partial charge >= 0.3 is 0 Å². The molecule has 0 N–H and O–H groups in total. The van der Waals surface area contributed by atoms with Crippen LogP contribution >= 0.6 is 11.8 Å². The molecule has 0 spiro atoms. The van der Waals surface area contributed by atoms with Gasteiger partial charge in [-0.05, 0) is 23.9 Å². The lowest BCUT2D eigenvalue weighted by atomic mass is 10.5. The Morgan fingerprint density at radius 3 is 2.53 bits per heavy atom. The number of hydrogen-bond acceptors (Lipinski definition) is 6. The average molecular weight is 215 g/mol. The van der Waals surface area contributed by atoms with Crippen molar-refractivity contribution in [3.8, 4) is 6.07 Å². The molecule has 2 heterocycles. The molecular weight excluding hydrogens is 210 g/mol. The van der Waals surface area contributed by atoms with Gasteiger partial charge in [0.2, 0.25) is 0 Å². The van der Waals surface area contributed by atoms with Gasteiger partial charge in [0.1, 0.15) is 11.8 Å². The Hall–Kier alpha value is -2.00. The molecule has 5 nitrogen and oxygen atoms in total. The Morgan fingerprint density at radius 1 is 1.07 bits per heavy atom. The maximum Gasteiger partial charge on any atom is 0.196 e. The van der Waals surface area contributed by atoms with Gasteiger partial charge in [-0.15, -0.1) is 0 Å². The molecule has 0 saturated carbocycles. The molecule has 0 atom stereocenters. The lowest BCUT2D eigenvalue weighted by Gasteiger charge is -1.96. The van der Waals surface area contributed by atoms with Gasteiger partial charge in [0.25, 0.3) is 0 Å². The van der Waals surface area contributed by atoms with E-state index in [9.17, 15) is 0 Å². The van der Waals surface area contributed by atoms with E-state index in [0.717, 1.165) is 0 Å². The molecule has 2 rings (SSSR count). The van der Waals surface area contributed by atoms with Crippen LogP contribution in [0.1, 0.15) is 5.69 Å². The van der Waals surface area contributed by atoms with Crippen LogP contribution in [0, 0.1) is 11.3 Å². The van der Waals surface area contributed by atoms with Crippen molar-refractivity contribution in [3.63, 3.8) is 0 Å². The lowest BCUT2D eigenvalue weighted by molar-refractivity contribution is 0.919. The van der Waals surface area contributed by atoms with E-state index in [1.165, 1.54) is 18.0 Å². The Labute approximate surface area is 90.2 Å². The molecule has 0 unspecified atom stereocenters. The van der Waals surface area contributed by atoms with Gasteiger partial charge in [0, 0.05) is 18.6 Å². The van der Waals surface area contributed by atoms with Crippen LogP contribution in [0.15, 0.2) is 41.0 Å². The van der Waals surface area contributed by atoms with E-state index >= 15 is 0 Å². The Bertz CT molecular complexity index is 493. The summed E-state index contributed by atoms with van der Waals surface area (Å²) in [7, 11) is 0. The van der Waals surface area contributed by atoms with E-state index < -0.39 is 0 Å². The van der Waals surface area contributed by atoms with Gasteiger partial charge in [-0.2, -0.15) is 5.26 Å². The highest BCUT2D eigenvalue weighted by Gasteiger charge is 2.02. The Kier molecular flexibility index (Phi) is 2.85. The van der Waals surface area contributed by atoms with Crippen LogP contribution in [0.5, 0.6) is 0 Å². The third-order valence-corrected chi connectivity index (χ3v) is 2.25. The minimum absolute atomic E-state index is 0.337. The molecule has 0 aromatic carbocycles. The molecule has 0 radical (unpaired) electrons. The standard InChI is InChI=1S/C9H5N5S/c10-6-7-2-5-13-9(14-7)15-8-11-3-1-4-12-8/h1-5H. The van der Waals surface area contributed by atoms with Crippen LogP contribution in [0.25, 0.3) is 0 Å². The van der Waals surface area contributed by atoms with Gasteiger partial charge in [0.15, 0.2) is 10.3 Å². The number of nitriles is 1. The normalized spacial score (nSPS) is 9.53. The second-order valence-corrected chi connectivity index (χ2v) is 3.40. The summed E-state index contributed by atoms with van der Waals surface area (Å²) in [5.41, 5.74) is 0.337. The first-order valence-electron chi connectivity index (χ1n) is 4.06. The molecule has 0 aliphatic carbocycles. The predicted octanol–water partition coefficient (Wildman–Crippen LogP) is 1.29. The van der Waals surface area contributed by atoms with Crippen LogP contribution in [-0.2, 0) is 0 Å². The third kappa shape index (κ3) is 2.48. The molecule has 0 bridgehead atoms. The summed E-state index contributed by atoms with van der Waals surface area (Å²) < 4.78 is 0. The molecule has 2 aromatic rings. The van der Waals surface area contributed by atoms with E-state index in [1.54, 1.807) is 24.5 Å². The zero-order valence-corrected chi connectivity index (χ0v) is 8.35. The van der Waals surface area contributed by atoms with Gasteiger partial charge in [-0.25, -0.2) is 19.9 Å². The van der Waals surface area contributed by atoms with E-state index in [2.05, 4.69) is 19.9 Å². The zero-order chi connectivity index (χ0) is 10.5. The molecule has 0 fully saturated rings. The van der Waals surface area contributed by atoms with Gasteiger partial charge < -0.3 is 0 Å². The molecule has 6 heteroatoms. The summed E-state index contributed by atoms with van der Waals surface area (Å²) in [6, 6.07) is 5.23. The number of rotatable bonds is 2. The first-order chi connectivity index (χ1) is 7.38. The fourth-order valence-corrected chi connectivity index (χ4v) is 1.52. The first kappa shape index (κ1) is 9.55. The maximum atomic E-state index is 8.65. The van der Waals surface area contributed by atoms with Crippen LogP contribution in [0.2, 0.25) is 0 Å². The molecule has 0 saturated heterocycles. The first-order valence-corrected chi connectivity index (χ1v) is 4.88. The summed E-state index contributed by atoms with van der Waals surface area (Å²) in [4.78, 5) is 16.0.